The first-order chi connectivity index (χ1) is 37.5. The third kappa shape index (κ3) is 13.4. The van der Waals surface area contributed by atoms with Crippen LogP contribution >= 0.6 is 0 Å². The lowest BCUT2D eigenvalue weighted by molar-refractivity contribution is 0.0892. The zero-order chi connectivity index (χ0) is 56.3. The summed E-state index contributed by atoms with van der Waals surface area (Å²) < 4.78 is 93.4. The number of ether oxygens (including phenoxy) is 6. The number of hydrogen-bond acceptors (Lipinski definition) is 20. The van der Waals surface area contributed by atoms with Gasteiger partial charge in [0, 0.05) is 80.8 Å². The number of sulfonamides is 2. The summed E-state index contributed by atoms with van der Waals surface area (Å²) in [6, 6.07) is 2.93. The molecule has 8 heterocycles. The lowest BCUT2D eigenvalue weighted by Gasteiger charge is -2.33. The molecule has 2 aliphatic rings. The molecule has 0 saturated carbocycles. The summed E-state index contributed by atoms with van der Waals surface area (Å²) in [7, 11) is -1.36. The molecular formula is C50H74N14O12S2. The molecule has 6 aromatic heterocycles. The van der Waals surface area contributed by atoms with Crippen LogP contribution in [0.5, 0.6) is 11.8 Å². The van der Waals surface area contributed by atoms with E-state index in [1.165, 1.54) is 33.1 Å². The Morgan fingerprint density at radius 3 is 1.24 bits per heavy atom. The fourth-order valence-corrected chi connectivity index (χ4v) is 12.1. The highest BCUT2D eigenvalue weighted by molar-refractivity contribution is 7.89. The molecule has 2 N–H and O–H groups in total. The zero-order valence-electron chi connectivity index (χ0n) is 46.3. The molecule has 0 bridgehead atoms. The first kappa shape index (κ1) is 59.8. The number of methoxy groups -OCH3 is 4. The van der Waals surface area contributed by atoms with Crippen LogP contribution in [-0.2, 0) is 64.9 Å². The highest BCUT2D eigenvalue weighted by atomic mass is 32.2. The Labute approximate surface area is 454 Å². The van der Waals surface area contributed by atoms with Gasteiger partial charge >= 0.3 is 0 Å². The zero-order valence-corrected chi connectivity index (χ0v) is 47.9. The maximum absolute atomic E-state index is 13.6. The summed E-state index contributed by atoms with van der Waals surface area (Å²) in [5.41, 5.74) is 2.46. The monoisotopic (exact) mass is 1130 g/mol. The molecule has 2 aliphatic heterocycles. The van der Waals surface area contributed by atoms with E-state index in [1.54, 1.807) is 51.7 Å². The van der Waals surface area contributed by atoms with E-state index in [-0.39, 0.29) is 80.8 Å². The van der Waals surface area contributed by atoms with Crippen LogP contribution in [0.3, 0.4) is 0 Å². The quantitative estimate of drug-likeness (QED) is 0.0879. The summed E-state index contributed by atoms with van der Waals surface area (Å²) in [4.78, 5) is 54.4. The molecule has 78 heavy (non-hydrogen) atoms. The Hall–Kier alpha value is -5.82. The molecule has 428 valence electrons. The number of aromatic amines is 2. The molecule has 0 spiro atoms. The van der Waals surface area contributed by atoms with Crippen LogP contribution in [0.2, 0.25) is 0 Å². The molecule has 0 aliphatic carbocycles. The van der Waals surface area contributed by atoms with E-state index >= 15 is 0 Å². The Bertz CT molecular complexity index is 3110. The van der Waals surface area contributed by atoms with Gasteiger partial charge in [-0.3, -0.25) is 19.0 Å². The Morgan fingerprint density at radius 1 is 0.551 bits per heavy atom. The van der Waals surface area contributed by atoms with E-state index in [0.717, 1.165) is 24.5 Å². The summed E-state index contributed by atoms with van der Waals surface area (Å²) in [5, 5.41) is 8.88. The summed E-state index contributed by atoms with van der Waals surface area (Å²) >= 11 is 0. The maximum atomic E-state index is 13.6. The third-order valence-electron chi connectivity index (χ3n) is 13.5. The van der Waals surface area contributed by atoms with Crippen molar-refractivity contribution < 1.29 is 45.3 Å². The number of hydrogen-bond donors (Lipinski definition) is 2. The van der Waals surface area contributed by atoms with Gasteiger partial charge in [-0.15, -0.1) is 0 Å². The second kappa shape index (κ2) is 26.9. The minimum absolute atomic E-state index is 0.00319. The van der Waals surface area contributed by atoms with Crippen LogP contribution in [0, 0.1) is 0 Å². The van der Waals surface area contributed by atoms with Gasteiger partial charge in [0.25, 0.3) is 11.1 Å². The van der Waals surface area contributed by atoms with Gasteiger partial charge < -0.3 is 48.2 Å². The van der Waals surface area contributed by atoms with E-state index in [9.17, 15) is 26.4 Å². The molecule has 26 nitrogen and oxygen atoms in total. The van der Waals surface area contributed by atoms with Crippen molar-refractivity contribution in [3.8, 4) is 34.5 Å². The van der Waals surface area contributed by atoms with Crippen LogP contribution in [0.15, 0.2) is 43.9 Å². The van der Waals surface area contributed by atoms with E-state index < -0.39 is 31.2 Å². The third-order valence-corrected chi connectivity index (χ3v) is 17.2. The fourth-order valence-electron chi connectivity index (χ4n) is 9.27. The van der Waals surface area contributed by atoms with Gasteiger partial charge in [0.1, 0.15) is 44.7 Å². The van der Waals surface area contributed by atoms with E-state index in [4.69, 9.17) is 38.4 Å². The van der Waals surface area contributed by atoms with Crippen LogP contribution in [-0.4, -0.2) is 217 Å². The van der Waals surface area contributed by atoms with Crippen LogP contribution < -0.4 is 20.6 Å². The second-order valence-electron chi connectivity index (χ2n) is 18.7. The van der Waals surface area contributed by atoms with Crippen molar-refractivity contribution >= 4 is 42.1 Å². The molecule has 2 atom stereocenters. The number of aromatic nitrogens is 10. The van der Waals surface area contributed by atoms with Gasteiger partial charge in [-0.1, -0.05) is 27.7 Å². The van der Waals surface area contributed by atoms with Crippen molar-refractivity contribution in [1.29, 1.82) is 0 Å². The van der Waals surface area contributed by atoms with Crippen molar-refractivity contribution in [2.45, 2.75) is 89.5 Å². The highest BCUT2D eigenvalue weighted by Gasteiger charge is 2.32. The van der Waals surface area contributed by atoms with Crippen molar-refractivity contribution in [2.75, 3.05) is 120 Å². The Morgan fingerprint density at radius 2 is 0.923 bits per heavy atom. The average Bonchev–Trinajstić information content (AvgIpc) is 4.04. The van der Waals surface area contributed by atoms with E-state index in [2.05, 4.69) is 53.8 Å². The van der Waals surface area contributed by atoms with E-state index in [1.807, 2.05) is 13.8 Å². The average molecular weight is 1130 g/mol. The van der Waals surface area contributed by atoms with Gasteiger partial charge in [-0.25, -0.2) is 36.8 Å². The number of nitrogens with zero attached hydrogens (tertiary/aromatic N) is 12. The Kier molecular flexibility index (Phi) is 20.6. The minimum Gasteiger partial charge on any atom is -0.472 e. The molecule has 28 heteroatoms. The van der Waals surface area contributed by atoms with Crippen LogP contribution in [0.4, 0.5) is 0 Å². The minimum atomic E-state index is -3.84. The number of nitrogens with one attached hydrogen (secondary N) is 2. The lowest BCUT2D eigenvalue weighted by atomic mass is 10.2. The van der Waals surface area contributed by atoms with Gasteiger partial charge in [0.2, 0.25) is 31.8 Å². The van der Waals surface area contributed by atoms with Crippen LogP contribution in [0.1, 0.15) is 52.9 Å². The largest absolute Gasteiger partial charge is 0.472 e. The molecule has 0 radical (unpaired) electrons. The SMILES string of the molecule is CCc1c2nc(-c3cc(S(=O)(=O)N4CCN(CC)CC4)cnc3OC(C)COC)[nH]c(=O)c2nn1CCOC.CCc1c2nc(-c3cc(S(=O)(=O)N4CCN(CC)CC4)cnc3OC(C)COC)[nH]c(=O)c2nn1CCOC. The molecule has 2 fully saturated rings. The number of fused-ring (bicyclic) bond motifs is 2. The number of aryl methyl sites for hydroxylation is 2. The number of piperazine rings is 2. The predicted molar refractivity (Wildman–Crippen MR) is 291 cm³/mol. The topological polar surface area (TPSA) is 290 Å². The lowest BCUT2D eigenvalue weighted by Crippen LogP contribution is -2.48. The summed E-state index contributed by atoms with van der Waals surface area (Å²) in [5.74, 6) is 0.574. The van der Waals surface area contributed by atoms with Gasteiger partial charge in [0.15, 0.2) is 11.0 Å². The Balaban J connectivity index is 0.000000226. The van der Waals surface area contributed by atoms with Crippen molar-refractivity contribution in [2.24, 2.45) is 0 Å². The van der Waals surface area contributed by atoms with Crippen molar-refractivity contribution in [3.05, 3.63) is 56.6 Å². The fraction of sp³-hybridized carbons (Fsp3) is 0.600. The molecule has 0 amide bonds. The van der Waals surface area contributed by atoms with Gasteiger partial charge in [-0.05, 0) is 51.9 Å². The summed E-state index contributed by atoms with van der Waals surface area (Å²) in [6.07, 6.45) is 2.98. The highest BCUT2D eigenvalue weighted by Crippen LogP contribution is 2.33. The molecular weight excluding hydrogens is 1050 g/mol. The number of rotatable bonds is 24. The second-order valence-corrected chi connectivity index (χ2v) is 22.6. The molecule has 8 rings (SSSR count). The number of H-pyrrole nitrogens is 2. The van der Waals surface area contributed by atoms with Gasteiger partial charge in [0.05, 0.1) is 74.4 Å². The maximum Gasteiger partial charge on any atom is 0.279 e. The number of likely N-dealkylation sites (N-methyl/N-ethyl adjacent to an activating group) is 2. The smallest absolute Gasteiger partial charge is 0.279 e. The van der Waals surface area contributed by atoms with Crippen molar-refractivity contribution in [1.82, 2.24) is 67.9 Å². The molecule has 6 aromatic rings. The first-order valence-corrected chi connectivity index (χ1v) is 29.1. The standard InChI is InChI=1S/2C25H37N7O6S/c2*1-6-20-21-22(29-32(20)12-13-36-4)24(33)28-23(27-21)19-14-18(15-26-25(19)38-17(3)16-37-5)39(34,35)31-10-8-30(7-2)9-11-31/h2*14-15,17H,6-13,16H2,1-5H3,(H,27,28,33). The molecule has 2 saturated heterocycles. The van der Waals surface area contributed by atoms with E-state index in [0.29, 0.717) is 103 Å². The number of pyridine rings is 2. The summed E-state index contributed by atoms with van der Waals surface area (Å²) in [6.45, 7) is 19.9. The molecule has 2 unspecified atom stereocenters. The van der Waals surface area contributed by atoms with Crippen LogP contribution in [0.25, 0.3) is 44.8 Å². The normalized spacial score (nSPS) is 16.1. The first-order valence-electron chi connectivity index (χ1n) is 26.2. The van der Waals surface area contributed by atoms with Gasteiger partial charge in [-0.2, -0.15) is 18.8 Å². The van der Waals surface area contributed by atoms with Crippen molar-refractivity contribution in [3.63, 3.8) is 0 Å². The predicted octanol–water partition coefficient (Wildman–Crippen LogP) is 2.26. The molecule has 0 aromatic carbocycles.